The molecule has 5 heteroatoms. The first-order valence-electron chi connectivity index (χ1n) is 9.19. The van der Waals surface area contributed by atoms with E-state index in [0.717, 1.165) is 25.0 Å². The number of anilines is 1. The van der Waals surface area contributed by atoms with Crippen LogP contribution in [0.25, 0.3) is 0 Å². The summed E-state index contributed by atoms with van der Waals surface area (Å²) in [7, 11) is 0. The second-order valence-electron chi connectivity index (χ2n) is 8.03. The maximum absolute atomic E-state index is 12.2. The largest absolute Gasteiger partial charge is 0.302 e. The van der Waals surface area contributed by atoms with Gasteiger partial charge in [0.05, 0.1) is 5.69 Å². The van der Waals surface area contributed by atoms with Gasteiger partial charge in [0.1, 0.15) is 0 Å². The van der Waals surface area contributed by atoms with Crippen LogP contribution in [0.4, 0.5) is 5.13 Å². The zero-order valence-electron chi connectivity index (χ0n) is 15.7. The van der Waals surface area contributed by atoms with Crippen LogP contribution in [0.1, 0.15) is 61.0 Å². The van der Waals surface area contributed by atoms with Gasteiger partial charge in [0.15, 0.2) is 10.9 Å². The predicted octanol–water partition coefficient (Wildman–Crippen LogP) is 4.90. The van der Waals surface area contributed by atoms with Gasteiger partial charge in [-0.25, -0.2) is 4.98 Å². The van der Waals surface area contributed by atoms with Crippen molar-refractivity contribution in [1.82, 2.24) is 4.98 Å². The Labute approximate surface area is 159 Å². The summed E-state index contributed by atoms with van der Waals surface area (Å²) in [6, 6.07) is 9.09. The lowest BCUT2D eigenvalue weighted by Crippen LogP contribution is -2.26. The van der Waals surface area contributed by atoms with Gasteiger partial charge in [-0.2, -0.15) is 0 Å². The van der Waals surface area contributed by atoms with E-state index >= 15 is 0 Å². The molecule has 0 saturated carbocycles. The summed E-state index contributed by atoms with van der Waals surface area (Å²) in [6.45, 7) is 6.86. The molecule has 26 heavy (non-hydrogen) atoms. The number of rotatable bonds is 5. The normalized spacial score (nSPS) is 16.8. The summed E-state index contributed by atoms with van der Waals surface area (Å²) in [6.07, 6.45) is 3.57. The molecular weight excluding hydrogens is 344 g/mol. The first-order chi connectivity index (χ1) is 12.3. The highest BCUT2D eigenvalue weighted by atomic mass is 32.1. The van der Waals surface area contributed by atoms with Gasteiger partial charge < -0.3 is 5.32 Å². The fourth-order valence-electron chi connectivity index (χ4n) is 3.34. The van der Waals surface area contributed by atoms with E-state index in [-0.39, 0.29) is 24.5 Å². The second-order valence-corrected chi connectivity index (χ2v) is 9.12. The third-order valence-corrected chi connectivity index (χ3v) is 6.12. The van der Waals surface area contributed by atoms with Gasteiger partial charge >= 0.3 is 0 Å². The van der Waals surface area contributed by atoms with Crippen molar-refractivity contribution in [3.8, 4) is 0 Å². The Morgan fingerprint density at radius 3 is 2.62 bits per heavy atom. The first kappa shape index (κ1) is 18.8. The Bertz CT molecular complexity index is 790. The number of carbonyl (C=O) groups is 2. The minimum absolute atomic E-state index is 0.00722. The lowest BCUT2D eigenvalue weighted by molar-refractivity contribution is -0.116. The molecule has 0 radical (unpaired) electrons. The molecule has 2 aromatic rings. The Hall–Kier alpha value is -2.01. The minimum Gasteiger partial charge on any atom is -0.302 e. The van der Waals surface area contributed by atoms with Crippen LogP contribution in [-0.2, 0) is 17.6 Å². The zero-order chi connectivity index (χ0) is 18.7. The second kappa shape index (κ2) is 7.70. The number of hydrogen-bond acceptors (Lipinski definition) is 4. The van der Waals surface area contributed by atoms with E-state index < -0.39 is 0 Å². The molecule has 1 unspecified atom stereocenters. The van der Waals surface area contributed by atoms with Crippen molar-refractivity contribution < 1.29 is 9.59 Å². The van der Waals surface area contributed by atoms with E-state index in [1.165, 1.54) is 4.88 Å². The summed E-state index contributed by atoms with van der Waals surface area (Å²) >= 11 is 1.59. The Balaban J connectivity index is 1.54. The summed E-state index contributed by atoms with van der Waals surface area (Å²) in [5, 5.41) is 3.54. The number of ketones is 1. The van der Waals surface area contributed by atoms with E-state index in [1.54, 1.807) is 23.5 Å². The van der Waals surface area contributed by atoms with Gasteiger partial charge in [-0.15, -0.1) is 11.3 Å². The van der Waals surface area contributed by atoms with Crippen LogP contribution in [0.15, 0.2) is 30.3 Å². The number of Topliss-reactive ketones (excluding diaryl/α,β-unsaturated/α-hetero) is 1. The fraction of sp³-hybridized carbons (Fsp3) is 0.476. The maximum Gasteiger partial charge on any atom is 0.226 e. The quantitative estimate of drug-likeness (QED) is 0.762. The Morgan fingerprint density at radius 2 is 1.92 bits per heavy atom. The predicted molar refractivity (Wildman–Crippen MR) is 106 cm³/mol. The summed E-state index contributed by atoms with van der Waals surface area (Å²) in [5.74, 6) is 0.502. The molecule has 138 valence electrons. The van der Waals surface area contributed by atoms with Crippen molar-refractivity contribution in [2.24, 2.45) is 11.3 Å². The highest BCUT2D eigenvalue weighted by Crippen LogP contribution is 2.40. The average Bonchev–Trinajstić information content (AvgIpc) is 3.01. The molecule has 1 amide bonds. The topological polar surface area (TPSA) is 59.1 Å². The Kier molecular flexibility index (Phi) is 5.56. The molecule has 0 fully saturated rings. The number of hydrogen-bond donors (Lipinski definition) is 1. The van der Waals surface area contributed by atoms with Gasteiger partial charge in [0.25, 0.3) is 0 Å². The fourth-order valence-corrected chi connectivity index (χ4v) is 4.45. The van der Waals surface area contributed by atoms with Crippen LogP contribution in [0.5, 0.6) is 0 Å². The number of aryl methyl sites for hydroxylation is 1. The monoisotopic (exact) mass is 370 g/mol. The molecule has 1 aliphatic carbocycles. The molecule has 1 N–H and O–H groups in total. The lowest BCUT2D eigenvalue weighted by atomic mass is 9.73. The van der Waals surface area contributed by atoms with Gasteiger partial charge in [0, 0.05) is 23.3 Å². The standard InChI is InChI=1S/C21H26N2O2S/c1-21(2,3)15-9-10-16-18(13-15)26-20(22-16)23-19(25)12-11-17(24)14-7-5-4-6-8-14/h4-8,15H,9-13H2,1-3H3,(H,22,23,25). The van der Waals surface area contributed by atoms with Crippen LogP contribution in [0, 0.1) is 11.3 Å². The molecule has 0 saturated heterocycles. The molecule has 0 bridgehead atoms. The van der Waals surface area contributed by atoms with Gasteiger partial charge in [-0.1, -0.05) is 51.1 Å². The maximum atomic E-state index is 12.2. The Morgan fingerprint density at radius 1 is 1.19 bits per heavy atom. The van der Waals surface area contributed by atoms with E-state index in [9.17, 15) is 9.59 Å². The van der Waals surface area contributed by atoms with Crippen LogP contribution >= 0.6 is 11.3 Å². The molecule has 0 aliphatic heterocycles. The van der Waals surface area contributed by atoms with Crippen LogP contribution in [0.3, 0.4) is 0 Å². The highest BCUT2D eigenvalue weighted by molar-refractivity contribution is 7.15. The number of carbonyl (C=O) groups excluding carboxylic acids is 2. The summed E-state index contributed by atoms with van der Waals surface area (Å²) in [4.78, 5) is 30.2. The van der Waals surface area contributed by atoms with Crippen LogP contribution in [0.2, 0.25) is 0 Å². The molecule has 1 atom stereocenters. The molecule has 0 spiro atoms. The van der Waals surface area contributed by atoms with Gasteiger partial charge in [0.2, 0.25) is 5.91 Å². The molecule has 1 aliphatic rings. The highest BCUT2D eigenvalue weighted by Gasteiger charge is 2.30. The molecule has 4 nitrogen and oxygen atoms in total. The zero-order valence-corrected chi connectivity index (χ0v) is 16.5. The number of fused-ring (bicyclic) bond motifs is 1. The van der Waals surface area contributed by atoms with Gasteiger partial charge in [-0.05, 0) is 30.6 Å². The first-order valence-corrected chi connectivity index (χ1v) is 10.0. The van der Waals surface area contributed by atoms with Crippen LogP contribution < -0.4 is 5.32 Å². The third kappa shape index (κ3) is 4.58. The van der Waals surface area contributed by atoms with Crippen molar-refractivity contribution in [3.05, 3.63) is 46.5 Å². The van der Waals surface area contributed by atoms with E-state index in [1.807, 2.05) is 18.2 Å². The van der Waals surface area contributed by atoms with Crippen molar-refractivity contribution in [1.29, 1.82) is 0 Å². The molecule has 1 heterocycles. The third-order valence-electron chi connectivity index (χ3n) is 5.09. The number of amides is 1. The van der Waals surface area contributed by atoms with E-state index in [2.05, 4.69) is 31.1 Å². The molecular formula is C21H26N2O2S. The van der Waals surface area contributed by atoms with E-state index in [4.69, 9.17) is 0 Å². The molecule has 1 aromatic carbocycles. The number of aromatic nitrogens is 1. The number of benzene rings is 1. The van der Waals surface area contributed by atoms with Crippen molar-refractivity contribution in [2.45, 2.75) is 52.9 Å². The number of nitrogens with one attached hydrogen (secondary N) is 1. The number of nitrogens with zero attached hydrogens (tertiary/aromatic N) is 1. The van der Waals surface area contributed by atoms with Crippen molar-refractivity contribution in [2.75, 3.05) is 5.32 Å². The summed E-state index contributed by atoms with van der Waals surface area (Å²) < 4.78 is 0. The SMILES string of the molecule is CC(C)(C)C1CCc2nc(NC(=O)CCC(=O)c3ccccc3)sc2C1. The molecule has 1 aromatic heterocycles. The lowest BCUT2D eigenvalue weighted by Gasteiger charge is -2.33. The summed E-state index contributed by atoms with van der Waals surface area (Å²) in [5.41, 5.74) is 2.08. The van der Waals surface area contributed by atoms with Crippen molar-refractivity contribution >= 4 is 28.2 Å². The average molecular weight is 371 g/mol. The smallest absolute Gasteiger partial charge is 0.226 e. The van der Waals surface area contributed by atoms with Crippen molar-refractivity contribution in [3.63, 3.8) is 0 Å². The van der Waals surface area contributed by atoms with E-state index in [0.29, 0.717) is 22.0 Å². The molecule has 3 rings (SSSR count). The number of thiazole rings is 1. The minimum atomic E-state index is -0.146. The van der Waals surface area contributed by atoms with Crippen LogP contribution in [-0.4, -0.2) is 16.7 Å². The van der Waals surface area contributed by atoms with Gasteiger partial charge in [-0.3, -0.25) is 9.59 Å².